The number of ether oxygens (including phenoxy) is 3. The Morgan fingerprint density at radius 3 is 0.803 bits per heavy atom. The van der Waals surface area contributed by atoms with E-state index in [1.54, 1.807) is 0 Å². The van der Waals surface area contributed by atoms with Crippen LogP contribution in [0.4, 0.5) is 0 Å². The maximum Gasteiger partial charge on any atom is 0.306 e. The van der Waals surface area contributed by atoms with Gasteiger partial charge in [0.1, 0.15) is 13.2 Å². The van der Waals surface area contributed by atoms with E-state index in [0.717, 1.165) is 96.3 Å². The Labute approximate surface area is 432 Å². The fraction of sp³-hybridized carbons (Fsp3) is 0.400. The molecule has 0 fully saturated rings. The van der Waals surface area contributed by atoms with E-state index in [0.29, 0.717) is 19.3 Å². The highest BCUT2D eigenvalue weighted by molar-refractivity contribution is 5.71. The van der Waals surface area contributed by atoms with Gasteiger partial charge in [-0.1, -0.05) is 272 Å². The number of allylic oxidation sites excluding steroid dienone is 36. The lowest BCUT2D eigenvalue weighted by molar-refractivity contribution is -0.167. The Bertz CT molecular complexity index is 1870. The Hall–Kier alpha value is -6.27. The molecule has 0 aliphatic carbocycles. The first-order valence-electron chi connectivity index (χ1n) is 26.5. The lowest BCUT2D eigenvalue weighted by Crippen LogP contribution is -2.30. The second kappa shape index (κ2) is 56.3. The zero-order valence-corrected chi connectivity index (χ0v) is 43.9. The van der Waals surface area contributed by atoms with Crippen LogP contribution in [-0.2, 0) is 28.6 Å². The van der Waals surface area contributed by atoms with Crippen LogP contribution in [0.2, 0.25) is 0 Å². The standard InChI is InChI=1S/C65H90O6/c1-4-7-10-13-16-19-22-25-28-30-32-34-37-40-43-46-49-52-55-58-64(67)70-61-62(60-69-63(66)57-54-51-48-45-42-39-36-27-24-21-18-15-12-9-6-3)71-65(68)59-56-53-50-47-44-41-38-35-33-31-29-26-23-20-17-14-11-8-5-2/h7-38,40-41,43-44,62H,4-6,39,42,45-61H2,1-3H3/b10-7-,11-8-,12-9-,16-13-,17-14-,18-15-,22-19-,23-20-,24-21-,28-25-,29-26-,32-30+,33-31+,36-27-,37-34-,38-35-,43-40-,44-41-. The SMILES string of the molecule is CC\C=C/C=C\C=C/C=C\C=C\C=C/C=C\CCCCCC(=O)OCC(COC(=O)CCCCCCC\C=C/C=C\C=C/C=C\CC)OC(=O)CCCCC\C=C/C=C\C=C\C=C/C=C\C=C/C=C\CC. The van der Waals surface area contributed by atoms with Crippen LogP contribution in [0.3, 0.4) is 0 Å². The van der Waals surface area contributed by atoms with Crippen LogP contribution in [0.5, 0.6) is 0 Å². The third kappa shape index (κ3) is 54.5. The van der Waals surface area contributed by atoms with Gasteiger partial charge in [-0.15, -0.1) is 0 Å². The van der Waals surface area contributed by atoms with Gasteiger partial charge in [0.25, 0.3) is 0 Å². The van der Waals surface area contributed by atoms with Gasteiger partial charge in [-0.3, -0.25) is 14.4 Å². The number of carbonyl (C=O) groups excluding carboxylic acids is 3. The summed E-state index contributed by atoms with van der Waals surface area (Å²) >= 11 is 0. The first-order valence-corrected chi connectivity index (χ1v) is 26.5. The summed E-state index contributed by atoms with van der Waals surface area (Å²) < 4.78 is 16.7. The maximum atomic E-state index is 12.8. The highest BCUT2D eigenvalue weighted by Crippen LogP contribution is 2.11. The van der Waals surface area contributed by atoms with Crippen molar-refractivity contribution in [3.63, 3.8) is 0 Å². The Balaban J connectivity index is 4.71. The third-order valence-electron chi connectivity index (χ3n) is 9.94. The van der Waals surface area contributed by atoms with Gasteiger partial charge in [0, 0.05) is 19.3 Å². The second-order valence-electron chi connectivity index (χ2n) is 16.4. The fourth-order valence-electron chi connectivity index (χ4n) is 6.06. The molecule has 0 aromatic rings. The van der Waals surface area contributed by atoms with Crippen LogP contribution in [0.15, 0.2) is 219 Å². The molecule has 71 heavy (non-hydrogen) atoms. The van der Waals surface area contributed by atoms with Gasteiger partial charge in [0.15, 0.2) is 6.10 Å². The minimum atomic E-state index is -0.848. The van der Waals surface area contributed by atoms with E-state index in [9.17, 15) is 14.4 Å². The number of hydrogen-bond acceptors (Lipinski definition) is 6. The molecule has 1 atom stereocenters. The Morgan fingerprint density at radius 2 is 0.507 bits per heavy atom. The summed E-state index contributed by atoms with van der Waals surface area (Å²) in [4.78, 5) is 38.1. The van der Waals surface area contributed by atoms with Crippen LogP contribution in [0.25, 0.3) is 0 Å². The smallest absolute Gasteiger partial charge is 0.306 e. The van der Waals surface area contributed by atoms with E-state index >= 15 is 0 Å². The summed E-state index contributed by atoms with van der Waals surface area (Å²) in [6, 6.07) is 0. The van der Waals surface area contributed by atoms with Crippen LogP contribution >= 0.6 is 0 Å². The van der Waals surface area contributed by atoms with Crippen LogP contribution < -0.4 is 0 Å². The molecule has 0 N–H and O–H groups in total. The van der Waals surface area contributed by atoms with E-state index in [4.69, 9.17) is 14.2 Å². The normalized spacial score (nSPS) is 13.9. The van der Waals surface area contributed by atoms with E-state index in [1.807, 2.05) is 170 Å². The third-order valence-corrected chi connectivity index (χ3v) is 9.94. The first kappa shape index (κ1) is 64.7. The molecule has 0 aromatic carbocycles. The molecule has 0 spiro atoms. The zero-order chi connectivity index (χ0) is 51.4. The molecule has 0 saturated heterocycles. The van der Waals surface area contributed by atoms with Gasteiger partial charge in [-0.25, -0.2) is 0 Å². The lowest BCUT2D eigenvalue weighted by atomic mass is 10.1. The van der Waals surface area contributed by atoms with E-state index in [-0.39, 0.29) is 44.0 Å². The minimum absolute atomic E-state index is 0.140. The van der Waals surface area contributed by atoms with Gasteiger partial charge in [0.05, 0.1) is 0 Å². The first-order chi connectivity index (χ1) is 35.0. The number of hydrogen-bond donors (Lipinski definition) is 0. The summed E-state index contributed by atoms with van der Waals surface area (Å²) in [6.07, 6.45) is 89.0. The van der Waals surface area contributed by atoms with E-state index < -0.39 is 6.10 Å². The molecule has 0 bridgehead atoms. The second-order valence-corrected chi connectivity index (χ2v) is 16.4. The molecule has 0 rings (SSSR count). The minimum Gasteiger partial charge on any atom is -0.462 e. The topological polar surface area (TPSA) is 78.9 Å². The molecule has 0 saturated carbocycles. The van der Waals surface area contributed by atoms with Crippen LogP contribution in [0, 0.1) is 0 Å². The van der Waals surface area contributed by atoms with Crippen LogP contribution in [0.1, 0.15) is 149 Å². The van der Waals surface area contributed by atoms with Gasteiger partial charge < -0.3 is 14.2 Å². The predicted octanol–water partition coefficient (Wildman–Crippen LogP) is 17.9. The van der Waals surface area contributed by atoms with Crippen molar-refractivity contribution in [1.29, 1.82) is 0 Å². The zero-order valence-electron chi connectivity index (χ0n) is 43.9. The molecule has 0 amide bonds. The van der Waals surface area contributed by atoms with Crippen molar-refractivity contribution in [2.75, 3.05) is 13.2 Å². The van der Waals surface area contributed by atoms with Crippen molar-refractivity contribution < 1.29 is 28.6 Å². The van der Waals surface area contributed by atoms with Crippen molar-refractivity contribution in [1.82, 2.24) is 0 Å². The molecule has 386 valence electrons. The van der Waals surface area contributed by atoms with Crippen molar-refractivity contribution in [2.24, 2.45) is 0 Å². The van der Waals surface area contributed by atoms with E-state index in [2.05, 4.69) is 69.4 Å². The average molecular weight is 967 g/mol. The summed E-state index contributed by atoms with van der Waals surface area (Å²) in [5.41, 5.74) is 0. The number of esters is 3. The van der Waals surface area contributed by atoms with E-state index in [1.165, 1.54) is 0 Å². The summed E-state index contributed by atoms with van der Waals surface area (Å²) in [5, 5.41) is 0. The van der Waals surface area contributed by atoms with Gasteiger partial charge in [0.2, 0.25) is 0 Å². The predicted molar refractivity (Wildman–Crippen MR) is 306 cm³/mol. The fourth-order valence-corrected chi connectivity index (χ4v) is 6.06. The molecule has 0 aliphatic rings. The Morgan fingerprint density at radius 1 is 0.282 bits per heavy atom. The number of carbonyl (C=O) groups is 3. The lowest BCUT2D eigenvalue weighted by Gasteiger charge is -2.18. The quantitative estimate of drug-likeness (QED) is 0.0262. The van der Waals surface area contributed by atoms with Gasteiger partial charge >= 0.3 is 17.9 Å². The molecular weight excluding hydrogens is 877 g/mol. The van der Waals surface area contributed by atoms with Crippen molar-refractivity contribution in [3.8, 4) is 0 Å². The molecule has 0 radical (unpaired) electrons. The molecule has 0 aromatic heterocycles. The molecule has 6 nitrogen and oxygen atoms in total. The van der Waals surface area contributed by atoms with Gasteiger partial charge in [-0.2, -0.15) is 0 Å². The molecule has 0 aliphatic heterocycles. The Kier molecular flexibility index (Phi) is 51.3. The van der Waals surface area contributed by atoms with Crippen molar-refractivity contribution in [3.05, 3.63) is 219 Å². The van der Waals surface area contributed by atoms with Crippen molar-refractivity contribution >= 4 is 17.9 Å². The summed E-state index contributed by atoms with van der Waals surface area (Å²) in [6.45, 7) is 6.06. The molecular formula is C65H90O6. The maximum absolute atomic E-state index is 12.8. The van der Waals surface area contributed by atoms with Gasteiger partial charge in [-0.05, 0) is 77.0 Å². The van der Waals surface area contributed by atoms with Crippen molar-refractivity contribution in [2.45, 2.75) is 155 Å². The summed E-state index contributed by atoms with van der Waals surface area (Å²) in [5.74, 6) is -1.07. The molecule has 6 heteroatoms. The molecule has 1 unspecified atom stereocenters. The largest absolute Gasteiger partial charge is 0.462 e. The molecule has 0 heterocycles. The summed E-state index contributed by atoms with van der Waals surface area (Å²) in [7, 11) is 0. The number of unbranched alkanes of at least 4 members (excludes halogenated alkanes) is 11. The highest BCUT2D eigenvalue weighted by atomic mass is 16.6. The van der Waals surface area contributed by atoms with Crippen LogP contribution in [-0.4, -0.2) is 37.2 Å². The average Bonchev–Trinajstić information content (AvgIpc) is 3.37. The highest BCUT2D eigenvalue weighted by Gasteiger charge is 2.19. The number of rotatable bonds is 43. The monoisotopic (exact) mass is 967 g/mol.